The minimum atomic E-state index is -4.94. The lowest BCUT2D eigenvalue weighted by atomic mass is 10.0. The second-order valence-corrected chi connectivity index (χ2v) is 27.3. The van der Waals surface area contributed by atoms with Crippen molar-refractivity contribution in [2.24, 2.45) is 23.7 Å². The van der Waals surface area contributed by atoms with Gasteiger partial charge in [-0.15, -0.1) is 0 Å². The van der Waals surface area contributed by atoms with Crippen molar-refractivity contribution < 1.29 is 80.2 Å². The molecule has 19 heteroatoms. The van der Waals surface area contributed by atoms with E-state index in [0.717, 1.165) is 102 Å². The van der Waals surface area contributed by atoms with Crippen LogP contribution in [0.4, 0.5) is 0 Å². The first-order valence-electron chi connectivity index (χ1n) is 32.2. The molecule has 480 valence electrons. The van der Waals surface area contributed by atoms with E-state index in [1.165, 1.54) is 89.9 Å². The summed E-state index contributed by atoms with van der Waals surface area (Å²) >= 11 is 0. The Hall–Kier alpha value is -1.94. The van der Waals surface area contributed by atoms with Crippen LogP contribution in [0.25, 0.3) is 0 Å². The van der Waals surface area contributed by atoms with E-state index in [9.17, 15) is 43.2 Å². The Kier molecular flexibility index (Phi) is 51.1. The Morgan fingerprint density at radius 1 is 0.309 bits per heavy atom. The summed E-state index contributed by atoms with van der Waals surface area (Å²) in [6.45, 7) is 13.8. The quantitative estimate of drug-likeness (QED) is 0.0222. The van der Waals surface area contributed by atoms with Gasteiger partial charge in [-0.3, -0.25) is 37.3 Å². The first kappa shape index (κ1) is 79.1. The van der Waals surface area contributed by atoms with Crippen LogP contribution in [-0.2, 0) is 65.4 Å². The summed E-state index contributed by atoms with van der Waals surface area (Å²) in [5, 5.41) is 10.5. The molecule has 0 rings (SSSR count). The molecule has 0 spiro atoms. The molecule has 0 amide bonds. The summed E-state index contributed by atoms with van der Waals surface area (Å²) in [5.74, 6) is 0.655. The minimum Gasteiger partial charge on any atom is -0.462 e. The van der Waals surface area contributed by atoms with E-state index in [1.54, 1.807) is 0 Å². The van der Waals surface area contributed by atoms with Gasteiger partial charge in [-0.25, -0.2) is 9.13 Å². The molecule has 0 aliphatic rings. The molecule has 17 nitrogen and oxygen atoms in total. The lowest BCUT2D eigenvalue weighted by molar-refractivity contribution is -0.161. The summed E-state index contributed by atoms with van der Waals surface area (Å²) < 4.78 is 67.8. The van der Waals surface area contributed by atoms with Crippen LogP contribution in [0.3, 0.4) is 0 Å². The predicted octanol–water partition coefficient (Wildman–Crippen LogP) is 16.6. The standard InChI is InChI=1S/C62H120O17P2/c1-52(2)38-30-22-14-11-9-10-12-16-26-34-42-59(64)72-48-58(79-62(67)45-37-29-21-19-25-33-41-55(7)8)51-77-81(70,71)75-47-56(63)46-74-80(68,69)76-50-57(49-73-60(65)43-35-27-20-18-24-32-40-54(5)6)78-61(66)44-36-28-17-13-15-23-31-39-53(3)4/h52-58,63H,9-51H2,1-8H3,(H,68,69)(H,70,71)/t56-,57+,58+/m0/s1. The Labute approximate surface area is 492 Å². The Balaban J connectivity index is 5.22. The zero-order valence-electron chi connectivity index (χ0n) is 52.4. The third-order valence-electron chi connectivity index (χ3n) is 14.1. The molecular weight excluding hydrogens is 1080 g/mol. The second kappa shape index (κ2) is 52.4. The number of rotatable bonds is 59. The van der Waals surface area contributed by atoms with Crippen LogP contribution in [0.5, 0.6) is 0 Å². The highest BCUT2D eigenvalue weighted by molar-refractivity contribution is 7.47. The van der Waals surface area contributed by atoms with Gasteiger partial charge >= 0.3 is 39.5 Å². The van der Waals surface area contributed by atoms with Crippen LogP contribution in [0, 0.1) is 23.7 Å². The number of aliphatic hydroxyl groups excluding tert-OH is 1. The first-order chi connectivity index (χ1) is 38.6. The Bertz CT molecular complexity index is 1630. The number of phosphoric ester groups is 2. The molecule has 5 atom stereocenters. The average molecular weight is 1200 g/mol. The van der Waals surface area contributed by atoms with Crippen molar-refractivity contribution in [2.45, 2.75) is 311 Å². The monoisotopic (exact) mass is 1200 g/mol. The van der Waals surface area contributed by atoms with E-state index in [4.69, 9.17) is 37.0 Å². The lowest BCUT2D eigenvalue weighted by Crippen LogP contribution is -2.30. The highest BCUT2D eigenvalue weighted by Gasteiger charge is 2.30. The molecule has 0 aromatic heterocycles. The molecule has 0 aromatic rings. The van der Waals surface area contributed by atoms with Crippen molar-refractivity contribution in [3.8, 4) is 0 Å². The molecule has 0 saturated carbocycles. The summed E-state index contributed by atoms with van der Waals surface area (Å²) in [4.78, 5) is 72.0. The van der Waals surface area contributed by atoms with Crippen LogP contribution in [0.15, 0.2) is 0 Å². The van der Waals surface area contributed by atoms with E-state index >= 15 is 0 Å². The van der Waals surface area contributed by atoms with E-state index in [2.05, 4.69) is 55.4 Å². The van der Waals surface area contributed by atoms with Gasteiger partial charge < -0.3 is 33.8 Å². The topological polar surface area (TPSA) is 237 Å². The summed E-state index contributed by atoms with van der Waals surface area (Å²) in [7, 11) is -9.88. The molecule has 81 heavy (non-hydrogen) atoms. The third-order valence-corrected chi connectivity index (χ3v) is 16.0. The smallest absolute Gasteiger partial charge is 0.462 e. The molecule has 0 bridgehead atoms. The number of unbranched alkanes of at least 4 members (excludes halogenated alkanes) is 25. The van der Waals surface area contributed by atoms with Crippen LogP contribution in [0.1, 0.15) is 293 Å². The predicted molar refractivity (Wildman–Crippen MR) is 321 cm³/mol. The largest absolute Gasteiger partial charge is 0.472 e. The maximum atomic E-state index is 12.9. The van der Waals surface area contributed by atoms with Crippen molar-refractivity contribution in [1.29, 1.82) is 0 Å². The SMILES string of the molecule is CC(C)CCCCCCCCCCCCC(=O)OC[C@H](COP(=O)(O)OC[C@@H](O)COP(=O)(O)OC[C@@H](COC(=O)CCCCCCCCC(C)C)OC(=O)CCCCCCCCCC(C)C)OC(=O)CCCCCCCCC(C)C. The van der Waals surface area contributed by atoms with Gasteiger partial charge in [0.25, 0.3) is 0 Å². The van der Waals surface area contributed by atoms with Crippen molar-refractivity contribution in [3.05, 3.63) is 0 Å². The fourth-order valence-electron chi connectivity index (χ4n) is 9.08. The van der Waals surface area contributed by atoms with Gasteiger partial charge in [0.15, 0.2) is 12.2 Å². The van der Waals surface area contributed by atoms with E-state index < -0.39 is 97.5 Å². The van der Waals surface area contributed by atoms with Crippen LogP contribution >= 0.6 is 15.6 Å². The number of esters is 4. The molecule has 0 saturated heterocycles. The van der Waals surface area contributed by atoms with Crippen molar-refractivity contribution in [3.63, 3.8) is 0 Å². The second-order valence-electron chi connectivity index (χ2n) is 24.3. The number of carbonyl (C=O) groups excluding carboxylic acids is 4. The molecule has 2 unspecified atom stereocenters. The van der Waals surface area contributed by atoms with Gasteiger partial charge in [-0.2, -0.15) is 0 Å². The number of hydrogen-bond donors (Lipinski definition) is 3. The highest BCUT2D eigenvalue weighted by atomic mass is 31.2. The Morgan fingerprint density at radius 3 is 0.765 bits per heavy atom. The van der Waals surface area contributed by atoms with Gasteiger partial charge in [0.2, 0.25) is 0 Å². The Morgan fingerprint density at radius 2 is 0.519 bits per heavy atom. The molecule has 0 radical (unpaired) electrons. The maximum absolute atomic E-state index is 12.9. The van der Waals surface area contributed by atoms with Gasteiger partial charge in [0, 0.05) is 25.7 Å². The molecule has 0 aliphatic carbocycles. The number of aliphatic hydroxyl groups is 1. The van der Waals surface area contributed by atoms with E-state index in [0.29, 0.717) is 43.4 Å². The molecular formula is C62H120O17P2. The van der Waals surface area contributed by atoms with Crippen molar-refractivity contribution >= 4 is 39.5 Å². The fourth-order valence-corrected chi connectivity index (χ4v) is 10.7. The third kappa shape index (κ3) is 56.9. The van der Waals surface area contributed by atoms with Gasteiger partial charge in [-0.05, 0) is 49.4 Å². The fraction of sp³-hybridized carbons (Fsp3) is 0.935. The number of hydrogen-bond acceptors (Lipinski definition) is 15. The molecule has 0 heterocycles. The lowest BCUT2D eigenvalue weighted by Gasteiger charge is -2.21. The first-order valence-corrected chi connectivity index (χ1v) is 35.2. The van der Waals surface area contributed by atoms with Gasteiger partial charge in [0.1, 0.15) is 19.3 Å². The van der Waals surface area contributed by atoms with Crippen molar-refractivity contribution in [1.82, 2.24) is 0 Å². The maximum Gasteiger partial charge on any atom is 0.472 e. The molecule has 0 fully saturated rings. The van der Waals surface area contributed by atoms with Crippen molar-refractivity contribution in [2.75, 3.05) is 39.6 Å². The van der Waals surface area contributed by atoms with Gasteiger partial charge in [0.05, 0.1) is 26.4 Å². The molecule has 0 aromatic carbocycles. The normalized spacial score (nSPS) is 14.5. The number of phosphoric acid groups is 2. The van der Waals surface area contributed by atoms with E-state index in [1.807, 2.05) is 0 Å². The number of carbonyl (C=O) groups is 4. The van der Waals surface area contributed by atoms with E-state index in [-0.39, 0.29) is 25.7 Å². The number of ether oxygens (including phenoxy) is 4. The van der Waals surface area contributed by atoms with Crippen LogP contribution in [-0.4, -0.2) is 96.7 Å². The van der Waals surface area contributed by atoms with Crippen LogP contribution < -0.4 is 0 Å². The zero-order valence-corrected chi connectivity index (χ0v) is 54.2. The summed E-state index contributed by atoms with van der Waals surface area (Å²) in [6.07, 6.45) is 31.2. The molecule has 0 aliphatic heterocycles. The van der Waals surface area contributed by atoms with Crippen LogP contribution in [0.2, 0.25) is 0 Å². The average Bonchev–Trinajstić information content (AvgIpc) is 3.40. The molecule has 3 N–H and O–H groups in total. The highest BCUT2D eigenvalue weighted by Crippen LogP contribution is 2.45. The summed E-state index contributed by atoms with van der Waals surface area (Å²) in [6, 6.07) is 0. The van der Waals surface area contributed by atoms with Gasteiger partial charge in [-0.1, -0.05) is 242 Å². The minimum absolute atomic E-state index is 0.101. The zero-order chi connectivity index (χ0) is 60.4. The summed E-state index contributed by atoms with van der Waals surface area (Å²) in [5.41, 5.74) is 0.